The van der Waals surface area contributed by atoms with E-state index in [4.69, 9.17) is 9.84 Å². The van der Waals surface area contributed by atoms with Crippen molar-refractivity contribution >= 4 is 12.1 Å². The van der Waals surface area contributed by atoms with Crippen LogP contribution >= 0.6 is 0 Å². The summed E-state index contributed by atoms with van der Waals surface area (Å²) in [5.41, 5.74) is 0. The summed E-state index contributed by atoms with van der Waals surface area (Å²) in [4.78, 5) is 23.1. The Labute approximate surface area is 86.7 Å². The molecule has 6 nitrogen and oxygen atoms in total. The second-order valence-electron chi connectivity index (χ2n) is 3.26. The van der Waals surface area contributed by atoms with E-state index in [1.54, 1.807) is 0 Å². The number of carboxylic acid groups (broad SMARTS) is 1. The monoisotopic (exact) mass is 215 g/mol. The Bertz CT molecular complexity index is 278. The van der Waals surface area contributed by atoms with E-state index in [2.05, 4.69) is 6.58 Å². The number of carbonyl (C=O) groups excluding carboxylic acids is 1. The zero-order valence-corrected chi connectivity index (χ0v) is 8.13. The first-order valence-corrected chi connectivity index (χ1v) is 4.51. The lowest BCUT2D eigenvalue weighted by Crippen LogP contribution is -2.40. The van der Waals surface area contributed by atoms with Gasteiger partial charge in [-0.25, -0.2) is 9.59 Å². The lowest BCUT2D eigenvalue weighted by Gasteiger charge is -2.19. The van der Waals surface area contributed by atoms with Crippen LogP contribution in [0.4, 0.5) is 4.79 Å². The summed E-state index contributed by atoms with van der Waals surface area (Å²) in [5, 5.41) is 18.1. The number of aliphatic hydroxyl groups excluding tert-OH is 1. The normalized spacial score (nSPS) is 25.0. The fraction of sp³-hybridized carbons (Fsp3) is 0.556. The lowest BCUT2D eigenvalue weighted by atomic mass is 10.2. The molecule has 0 unspecified atom stereocenters. The molecule has 6 heteroatoms. The standard InChI is InChI=1S/C9H13NO5/c1-2-3-15-9(14)10-5-6(11)4-7(10)8(12)13/h2,6-7,11H,1,3-5H2,(H,12,13)/t6-,7+/m0/s1. The number of nitrogens with zero attached hydrogens (tertiary/aromatic N) is 1. The van der Waals surface area contributed by atoms with Crippen molar-refractivity contribution in [1.82, 2.24) is 4.90 Å². The molecule has 1 heterocycles. The SMILES string of the molecule is C=CCOC(=O)N1C[C@@H](O)C[C@@H]1C(=O)O. The van der Waals surface area contributed by atoms with Gasteiger partial charge in [0.15, 0.2) is 0 Å². The summed E-state index contributed by atoms with van der Waals surface area (Å²) >= 11 is 0. The van der Waals surface area contributed by atoms with Crippen molar-refractivity contribution in [2.75, 3.05) is 13.2 Å². The molecule has 0 saturated carbocycles. The van der Waals surface area contributed by atoms with Gasteiger partial charge in [0.2, 0.25) is 0 Å². The molecule has 1 aliphatic rings. The summed E-state index contributed by atoms with van der Waals surface area (Å²) in [6, 6.07) is -1.00. The van der Waals surface area contributed by atoms with Gasteiger partial charge in [-0.15, -0.1) is 0 Å². The van der Waals surface area contributed by atoms with Crippen molar-refractivity contribution in [2.45, 2.75) is 18.6 Å². The van der Waals surface area contributed by atoms with Crippen molar-refractivity contribution in [3.8, 4) is 0 Å². The molecule has 0 bridgehead atoms. The number of likely N-dealkylation sites (tertiary alicyclic amines) is 1. The Morgan fingerprint density at radius 2 is 2.27 bits per heavy atom. The molecule has 0 spiro atoms. The van der Waals surface area contributed by atoms with E-state index in [-0.39, 0.29) is 19.6 Å². The fourth-order valence-electron chi connectivity index (χ4n) is 1.46. The van der Waals surface area contributed by atoms with Crippen LogP contribution in [-0.2, 0) is 9.53 Å². The number of β-amino-alcohol motifs (C(OH)–C–C–N with tert-alkyl or cyclic N) is 1. The highest BCUT2D eigenvalue weighted by Crippen LogP contribution is 2.18. The number of carbonyl (C=O) groups is 2. The quantitative estimate of drug-likeness (QED) is 0.638. The number of hydrogen-bond donors (Lipinski definition) is 2. The van der Waals surface area contributed by atoms with Gasteiger partial charge < -0.3 is 14.9 Å². The first-order chi connectivity index (χ1) is 7.06. The molecule has 0 radical (unpaired) electrons. The van der Waals surface area contributed by atoms with Gasteiger partial charge in [-0.1, -0.05) is 12.7 Å². The Kier molecular flexibility index (Phi) is 3.68. The maximum absolute atomic E-state index is 11.3. The third-order valence-corrected chi connectivity index (χ3v) is 2.12. The van der Waals surface area contributed by atoms with Crippen LogP contribution in [0.3, 0.4) is 0 Å². The van der Waals surface area contributed by atoms with Crippen LogP contribution in [0.2, 0.25) is 0 Å². The van der Waals surface area contributed by atoms with Gasteiger partial charge >= 0.3 is 12.1 Å². The number of aliphatic hydroxyl groups is 1. The number of aliphatic carboxylic acids is 1. The molecule has 1 amide bonds. The number of rotatable bonds is 3. The van der Waals surface area contributed by atoms with Gasteiger partial charge in [-0.2, -0.15) is 0 Å². The average Bonchev–Trinajstić information content (AvgIpc) is 2.57. The number of ether oxygens (including phenoxy) is 1. The van der Waals surface area contributed by atoms with Crippen molar-refractivity contribution in [1.29, 1.82) is 0 Å². The van der Waals surface area contributed by atoms with Crippen molar-refractivity contribution < 1.29 is 24.5 Å². The maximum Gasteiger partial charge on any atom is 0.410 e. The molecule has 1 aliphatic heterocycles. The van der Waals surface area contributed by atoms with Crippen molar-refractivity contribution in [3.63, 3.8) is 0 Å². The van der Waals surface area contributed by atoms with Gasteiger partial charge in [0.05, 0.1) is 12.6 Å². The zero-order chi connectivity index (χ0) is 11.4. The summed E-state index contributed by atoms with van der Waals surface area (Å²) in [6.45, 7) is 3.39. The van der Waals surface area contributed by atoms with Gasteiger partial charge in [0, 0.05) is 6.42 Å². The molecule has 0 aromatic heterocycles. The molecule has 1 fully saturated rings. The van der Waals surface area contributed by atoms with Gasteiger partial charge in [-0.3, -0.25) is 4.90 Å². The molecular formula is C9H13NO5. The Hall–Kier alpha value is -1.56. The number of hydrogen-bond acceptors (Lipinski definition) is 4. The Balaban J connectivity index is 2.62. The predicted octanol–water partition coefficient (Wildman–Crippen LogP) is -0.171. The summed E-state index contributed by atoms with van der Waals surface area (Å²) in [6.07, 6.45) is -0.111. The third-order valence-electron chi connectivity index (χ3n) is 2.12. The molecule has 84 valence electrons. The molecule has 0 aliphatic carbocycles. The molecule has 2 atom stereocenters. The van der Waals surface area contributed by atoms with E-state index < -0.39 is 24.2 Å². The minimum Gasteiger partial charge on any atom is -0.480 e. The second-order valence-corrected chi connectivity index (χ2v) is 3.26. The zero-order valence-electron chi connectivity index (χ0n) is 8.13. The highest BCUT2D eigenvalue weighted by molar-refractivity contribution is 5.80. The van der Waals surface area contributed by atoms with Crippen molar-refractivity contribution in [3.05, 3.63) is 12.7 Å². The summed E-state index contributed by atoms with van der Waals surface area (Å²) < 4.78 is 4.70. The molecule has 15 heavy (non-hydrogen) atoms. The van der Waals surface area contributed by atoms with Crippen LogP contribution < -0.4 is 0 Å². The van der Waals surface area contributed by atoms with E-state index in [1.165, 1.54) is 6.08 Å². The summed E-state index contributed by atoms with van der Waals surface area (Å²) in [7, 11) is 0. The van der Waals surface area contributed by atoms with Gasteiger partial charge in [-0.05, 0) is 0 Å². The van der Waals surface area contributed by atoms with E-state index in [9.17, 15) is 14.7 Å². The first kappa shape index (κ1) is 11.5. The van der Waals surface area contributed by atoms with Crippen LogP contribution in [-0.4, -0.2) is 52.5 Å². The number of carboxylic acids is 1. The van der Waals surface area contributed by atoms with Crippen LogP contribution in [0, 0.1) is 0 Å². The molecule has 2 N–H and O–H groups in total. The number of amides is 1. The highest BCUT2D eigenvalue weighted by Gasteiger charge is 2.39. The minimum absolute atomic E-state index is 0.00700. The molecule has 0 aromatic carbocycles. The molecule has 1 rings (SSSR count). The largest absolute Gasteiger partial charge is 0.480 e. The predicted molar refractivity (Wildman–Crippen MR) is 50.3 cm³/mol. The van der Waals surface area contributed by atoms with Crippen LogP contribution in [0.25, 0.3) is 0 Å². The topological polar surface area (TPSA) is 87.1 Å². The third kappa shape index (κ3) is 2.69. The van der Waals surface area contributed by atoms with Gasteiger partial charge in [0.25, 0.3) is 0 Å². The van der Waals surface area contributed by atoms with E-state index in [0.717, 1.165) is 4.90 Å². The van der Waals surface area contributed by atoms with E-state index >= 15 is 0 Å². The second kappa shape index (κ2) is 4.79. The Morgan fingerprint density at radius 3 is 2.80 bits per heavy atom. The van der Waals surface area contributed by atoms with Crippen molar-refractivity contribution in [2.24, 2.45) is 0 Å². The van der Waals surface area contributed by atoms with Gasteiger partial charge in [0.1, 0.15) is 12.6 Å². The van der Waals surface area contributed by atoms with E-state index in [1.807, 2.05) is 0 Å². The minimum atomic E-state index is -1.14. The summed E-state index contributed by atoms with van der Waals surface area (Å²) in [5.74, 6) is -1.14. The molecular weight excluding hydrogens is 202 g/mol. The smallest absolute Gasteiger partial charge is 0.410 e. The van der Waals surface area contributed by atoms with Crippen LogP contribution in [0.5, 0.6) is 0 Å². The fourth-order valence-corrected chi connectivity index (χ4v) is 1.46. The van der Waals surface area contributed by atoms with Crippen LogP contribution in [0.15, 0.2) is 12.7 Å². The Morgan fingerprint density at radius 1 is 1.60 bits per heavy atom. The molecule has 1 saturated heterocycles. The highest BCUT2D eigenvalue weighted by atomic mass is 16.6. The maximum atomic E-state index is 11.3. The molecule has 0 aromatic rings. The average molecular weight is 215 g/mol. The van der Waals surface area contributed by atoms with E-state index in [0.29, 0.717) is 0 Å². The first-order valence-electron chi connectivity index (χ1n) is 4.51. The lowest BCUT2D eigenvalue weighted by molar-refractivity contribution is -0.141. The van der Waals surface area contributed by atoms with Crippen LogP contribution in [0.1, 0.15) is 6.42 Å².